The van der Waals surface area contributed by atoms with E-state index in [9.17, 15) is 0 Å². The van der Waals surface area contributed by atoms with Gasteiger partial charge < -0.3 is 0 Å². The predicted octanol–water partition coefficient (Wildman–Crippen LogP) is 3.41. The summed E-state index contributed by atoms with van der Waals surface area (Å²) in [5.74, 6) is 0. The van der Waals surface area contributed by atoms with Gasteiger partial charge >= 0.3 is 0 Å². The molecule has 0 radical (unpaired) electrons. The minimum Gasteiger partial charge on any atom is -0.298 e. The monoisotopic (exact) mass is 210 g/mol. The van der Waals surface area contributed by atoms with Crippen molar-refractivity contribution in [2.75, 3.05) is 0 Å². The largest absolute Gasteiger partial charge is 0.298 e. The smallest absolute Gasteiger partial charge is 0.141 e. The lowest BCUT2D eigenvalue weighted by Gasteiger charge is -2.03. The summed E-state index contributed by atoms with van der Waals surface area (Å²) in [5.41, 5.74) is 5.92. The third-order valence-electron chi connectivity index (χ3n) is 3.15. The molecular weight excluding hydrogens is 196 g/mol. The molecule has 0 N–H and O–H groups in total. The number of fused-ring (bicyclic) bond motifs is 3. The van der Waals surface area contributed by atoms with Crippen LogP contribution in [-0.4, -0.2) is 9.38 Å². The van der Waals surface area contributed by atoms with Crippen LogP contribution >= 0.6 is 0 Å². The third-order valence-corrected chi connectivity index (χ3v) is 3.15. The SMILES string of the molecule is Cc1cc(C)n2c(n1)c(C)c1ccccc12. The van der Waals surface area contributed by atoms with Gasteiger partial charge in [0.15, 0.2) is 0 Å². The van der Waals surface area contributed by atoms with Crippen molar-refractivity contribution >= 4 is 16.6 Å². The second-order valence-corrected chi connectivity index (χ2v) is 4.34. The second-order valence-electron chi connectivity index (χ2n) is 4.34. The van der Waals surface area contributed by atoms with Gasteiger partial charge in [-0.25, -0.2) is 4.98 Å². The zero-order valence-electron chi connectivity index (χ0n) is 9.78. The number of para-hydroxylation sites is 1. The van der Waals surface area contributed by atoms with E-state index in [1.54, 1.807) is 0 Å². The van der Waals surface area contributed by atoms with Crippen LogP contribution in [0.3, 0.4) is 0 Å². The van der Waals surface area contributed by atoms with Crippen molar-refractivity contribution in [1.82, 2.24) is 9.38 Å². The van der Waals surface area contributed by atoms with Crippen LogP contribution in [0.4, 0.5) is 0 Å². The van der Waals surface area contributed by atoms with Crippen molar-refractivity contribution in [2.24, 2.45) is 0 Å². The van der Waals surface area contributed by atoms with Gasteiger partial charge in [-0.05, 0) is 32.9 Å². The third kappa shape index (κ3) is 1.10. The van der Waals surface area contributed by atoms with Crippen molar-refractivity contribution in [3.63, 3.8) is 0 Å². The zero-order valence-corrected chi connectivity index (χ0v) is 9.78. The summed E-state index contributed by atoms with van der Waals surface area (Å²) in [7, 11) is 0. The van der Waals surface area contributed by atoms with Crippen LogP contribution in [0.25, 0.3) is 16.6 Å². The molecular formula is C14H14N2. The molecule has 0 aliphatic carbocycles. The molecule has 0 spiro atoms. The van der Waals surface area contributed by atoms with Crippen LogP contribution in [-0.2, 0) is 0 Å². The highest BCUT2D eigenvalue weighted by Crippen LogP contribution is 2.25. The average molecular weight is 210 g/mol. The van der Waals surface area contributed by atoms with E-state index >= 15 is 0 Å². The molecule has 0 atom stereocenters. The molecule has 0 bridgehead atoms. The average Bonchev–Trinajstić information content (AvgIpc) is 2.54. The molecule has 2 nitrogen and oxygen atoms in total. The molecule has 0 aliphatic rings. The highest BCUT2D eigenvalue weighted by Gasteiger charge is 2.10. The molecule has 0 aliphatic heterocycles. The molecule has 80 valence electrons. The Morgan fingerprint density at radius 1 is 1.06 bits per heavy atom. The van der Waals surface area contributed by atoms with E-state index in [1.165, 1.54) is 22.2 Å². The number of rotatable bonds is 0. The standard InChI is InChI=1S/C14H14N2/c1-9-8-10(2)16-13-7-5-4-6-12(13)11(3)14(16)15-9/h4-8H,1-3H3. The minimum atomic E-state index is 1.08. The van der Waals surface area contributed by atoms with E-state index in [1.807, 2.05) is 6.92 Å². The fourth-order valence-electron chi connectivity index (χ4n) is 2.45. The summed E-state index contributed by atoms with van der Waals surface area (Å²) in [6.45, 7) is 6.32. The molecule has 0 fully saturated rings. The number of hydrogen-bond donors (Lipinski definition) is 0. The van der Waals surface area contributed by atoms with Gasteiger partial charge in [0.2, 0.25) is 0 Å². The molecule has 0 saturated heterocycles. The lowest BCUT2D eigenvalue weighted by atomic mass is 10.2. The predicted molar refractivity (Wildman–Crippen MR) is 66.9 cm³/mol. The van der Waals surface area contributed by atoms with E-state index in [2.05, 4.69) is 53.6 Å². The Hall–Kier alpha value is -1.83. The first kappa shape index (κ1) is 9.40. The Morgan fingerprint density at radius 2 is 1.81 bits per heavy atom. The van der Waals surface area contributed by atoms with E-state index in [0.717, 1.165) is 11.3 Å². The van der Waals surface area contributed by atoms with Crippen LogP contribution in [0.1, 0.15) is 17.0 Å². The van der Waals surface area contributed by atoms with Crippen molar-refractivity contribution in [3.05, 3.63) is 47.3 Å². The van der Waals surface area contributed by atoms with Gasteiger partial charge in [-0.1, -0.05) is 18.2 Å². The normalized spacial score (nSPS) is 11.4. The van der Waals surface area contributed by atoms with E-state index in [0.29, 0.717) is 0 Å². The lowest BCUT2D eigenvalue weighted by Crippen LogP contribution is -1.95. The molecule has 0 saturated carbocycles. The van der Waals surface area contributed by atoms with E-state index < -0.39 is 0 Å². The van der Waals surface area contributed by atoms with Crippen LogP contribution in [0.5, 0.6) is 0 Å². The van der Waals surface area contributed by atoms with Crippen LogP contribution in [0.2, 0.25) is 0 Å². The van der Waals surface area contributed by atoms with E-state index in [-0.39, 0.29) is 0 Å². The maximum Gasteiger partial charge on any atom is 0.141 e. The molecule has 0 unspecified atom stereocenters. The van der Waals surface area contributed by atoms with Gasteiger partial charge in [-0.15, -0.1) is 0 Å². The summed E-state index contributed by atoms with van der Waals surface area (Å²) in [4.78, 5) is 4.64. The second kappa shape index (κ2) is 3.08. The number of aromatic nitrogens is 2. The van der Waals surface area contributed by atoms with Crippen molar-refractivity contribution in [3.8, 4) is 0 Å². The van der Waals surface area contributed by atoms with Crippen molar-refractivity contribution in [2.45, 2.75) is 20.8 Å². The minimum absolute atomic E-state index is 1.08. The molecule has 0 amide bonds. The summed E-state index contributed by atoms with van der Waals surface area (Å²) in [5, 5.41) is 1.30. The first-order chi connectivity index (χ1) is 7.68. The van der Waals surface area contributed by atoms with Gasteiger partial charge in [-0.2, -0.15) is 0 Å². The maximum absolute atomic E-state index is 4.64. The number of aryl methyl sites for hydroxylation is 3. The number of hydrogen-bond acceptors (Lipinski definition) is 1. The first-order valence-electron chi connectivity index (χ1n) is 5.52. The maximum atomic E-state index is 4.64. The quantitative estimate of drug-likeness (QED) is 0.555. The molecule has 3 rings (SSSR count). The van der Waals surface area contributed by atoms with Crippen LogP contribution in [0, 0.1) is 20.8 Å². The van der Waals surface area contributed by atoms with Gasteiger partial charge in [0.25, 0.3) is 0 Å². The molecule has 2 heteroatoms. The fraction of sp³-hybridized carbons (Fsp3) is 0.214. The molecule has 1 aromatic carbocycles. The summed E-state index contributed by atoms with van der Waals surface area (Å²) >= 11 is 0. The molecule has 3 aromatic rings. The highest BCUT2D eigenvalue weighted by molar-refractivity contribution is 5.90. The zero-order chi connectivity index (χ0) is 11.3. The van der Waals surface area contributed by atoms with Crippen molar-refractivity contribution in [1.29, 1.82) is 0 Å². The Morgan fingerprint density at radius 3 is 2.62 bits per heavy atom. The molecule has 2 aromatic heterocycles. The Kier molecular flexibility index (Phi) is 1.81. The first-order valence-corrected chi connectivity index (χ1v) is 5.52. The highest BCUT2D eigenvalue weighted by atomic mass is 15.0. The Balaban J connectivity index is 2.67. The lowest BCUT2D eigenvalue weighted by molar-refractivity contribution is 1.05. The van der Waals surface area contributed by atoms with Crippen molar-refractivity contribution < 1.29 is 0 Å². The molecule has 16 heavy (non-hydrogen) atoms. The topological polar surface area (TPSA) is 17.3 Å². The van der Waals surface area contributed by atoms with Gasteiger partial charge in [0, 0.05) is 22.3 Å². The summed E-state index contributed by atoms with van der Waals surface area (Å²) in [6.07, 6.45) is 0. The summed E-state index contributed by atoms with van der Waals surface area (Å²) < 4.78 is 2.23. The van der Waals surface area contributed by atoms with E-state index in [4.69, 9.17) is 0 Å². The van der Waals surface area contributed by atoms with Gasteiger partial charge in [0.05, 0.1) is 5.52 Å². The van der Waals surface area contributed by atoms with Crippen LogP contribution < -0.4 is 0 Å². The van der Waals surface area contributed by atoms with Gasteiger partial charge in [-0.3, -0.25) is 4.40 Å². The Labute approximate surface area is 94.5 Å². The summed E-state index contributed by atoms with van der Waals surface area (Å²) in [6, 6.07) is 10.6. The number of nitrogens with zero attached hydrogens (tertiary/aromatic N) is 2. The Bertz CT molecular complexity index is 693. The number of benzene rings is 1. The fourth-order valence-corrected chi connectivity index (χ4v) is 2.45. The van der Waals surface area contributed by atoms with Gasteiger partial charge in [0.1, 0.15) is 5.65 Å². The van der Waals surface area contributed by atoms with Crippen LogP contribution in [0.15, 0.2) is 30.3 Å². The molecule has 2 heterocycles.